The van der Waals surface area contributed by atoms with Crippen molar-refractivity contribution in [3.63, 3.8) is 0 Å². The van der Waals surface area contributed by atoms with Crippen LogP contribution in [0.5, 0.6) is 0 Å². The number of hydrogen-bond donors (Lipinski definition) is 0. The molecular weight excluding hydrogens is 411 g/mol. The monoisotopic (exact) mass is 430 g/mol. The van der Waals surface area contributed by atoms with Crippen molar-refractivity contribution in [3.05, 3.63) is 75.8 Å². The molecule has 0 amide bonds. The lowest BCUT2D eigenvalue weighted by atomic mass is 9.84. The molecule has 2 aromatic heterocycles. The highest BCUT2D eigenvalue weighted by atomic mass is 32.2. The summed E-state index contributed by atoms with van der Waals surface area (Å²) in [4.78, 5) is 14.1. The lowest BCUT2D eigenvalue weighted by molar-refractivity contribution is 0.186. The molecule has 2 aliphatic heterocycles. The molecular formula is C21H19FN2O3S2. The van der Waals surface area contributed by atoms with Gasteiger partial charge in [-0.05, 0) is 60.2 Å². The third-order valence-electron chi connectivity index (χ3n) is 5.81. The number of benzene rings is 1. The van der Waals surface area contributed by atoms with Gasteiger partial charge in [-0.1, -0.05) is 6.07 Å². The summed E-state index contributed by atoms with van der Waals surface area (Å²) in [5.74, 6) is -0.412. The van der Waals surface area contributed by atoms with Crippen LogP contribution >= 0.6 is 11.3 Å². The van der Waals surface area contributed by atoms with Gasteiger partial charge in [0.15, 0.2) is 0 Å². The summed E-state index contributed by atoms with van der Waals surface area (Å²) in [5, 5.41) is 1.95. The number of rotatable bonds is 3. The molecule has 0 unspecified atom stereocenters. The Hall–Kier alpha value is -2.29. The summed E-state index contributed by atoms with van der Waals surface area (Å²) < 4.78 is 42.6. The van der Waals surface area contributed by atoms with Crippen molar-refractivity contribution in [2.24, 2.45) is 5.92 Å². The number of pyridine rings is 1. The van der Waals surface area contributed by atoms with Gasteiger partial charge < -0.3 is 4.57 Å². The highest BCUT2D eigenvalue weighted by Crippen LogP contribution is 2.38. The average Bonchev–Trinajstić information content (AvgIpc) is 3.23. The number of piperidine rings is 1. The second-order valence-electron chi connectivity index (χ2n) is 7.64. The van der Waals surface area contributed by atoms with E-state index in [4.69, 9.17) is 0 Å². The first kappa shape index (κ1) is 18.7. The molecule has 150 valence electrons. The molecule has 1 aromatic carbocycles. The van der Waals surface area contributed by atoms with E-state index in [9.17, 15) is 17.6 Å². The number of fused-ring (bicyclic) bond motifs is 4. The van der Waals surface area contributed by atoms with Crippen LogP contribution in [0, 0.1) is 11.7 Å². The zero-order valence-electron chi connectivity index (χ0n) is 15.5. The summed E-state index contributed by atoms with van der Waals surface area (Å²) in [7, 11) is -3.70. The highest BCUT2D eigenvalue weighted by molar-refractivity contribution is 7.89. The molecule has 2 aliphatic rings. The zero-order valence-corrected chi connectivity index (χ0v) is 17.1. The van der Waals surface area contributed by atoms with Gasteiger partial charge >= 0.3 is 0 Å². The highest BCUT2D eigenvalue weighted by Gasteiger charge is 2.39. The largest absolute Gasteiger partial charge is 0.311 e. The van der Waals surface area contributed by atoms with E-state index < -0.39 is 15.8 Å². The molecule has 2 bridgehead atoms. The Morgan fingerprint density at radius 2 is 1.79 bits per heavy atom. The van der Waals surface area contributed by atoms with Crippen molar-refractivity contribution < 1.29 is 12.8 Å². The zero-order chi connectivity index (χ0) is 20.2. The van der Waals surface area contributed by atoms with Crippen molar-refractivity contribution in [2.45, 2.75) is 23.8 Å². The molecule has 0 spiro atoms. The Morgan fingerprint density at radius 1 is 1.00 bits per heavy atom. The predicted octanol–water partition coefficient (Wildman–Crippen LogP) is 3.52. The van der Waals surface area contributed by atoms with Gasteiger partial charge in [0.05, 0.1) is 10.5 Å². The molecule has 4 heterocycles. The second kappa shape index (κ2) is 6.90. The second-order valence-corrected chi connectivity index (χ2v) is 10.5. The minimum Gasteiger partial charge on any atom is -0.311 e. The van der Waals surface area contributed by atoms with Crippen LogP contribution < -0.4 is 5.56 Å². The summed E-state index contributed by atoms with van der Waals surface area (Å²) in [5.41, 5.74) is 1.58. The fourth-order valence-electron chi connectivity index (χ4n) is 4.47. The van der Waals surface area contributed by atoms with Crippen molar-refractivity contribution in [3.8, 4) is 10.4 Å². The molecule has 8 heteroatoms. The van der Waals surface area contributed by atoms with Gasteiger partial charge in [-0.15, -0.1) is 11.3 Å². The number of thiophene rings is 1. The van der Waals surface area contributed by atoms with E-state index in [1.165, 1.54) is 39.9 Å². The van der Waals surface area contributed by atoms with Gasteiger partial charge in [-0.3, -0.25) is 4.79 Å². The SMILES string of the molecule is O=c1c(-c2cccs2)ccc2n1C[C@H]1C[C@@H]2CN(S(=O)(=O)c2ccc(F)cc2)C1. The van der Waals surface area contributed by atoms with Crippen LogP contribution in [0.4, 0.5) is 4.39 Å². The quantitative estimate of drug-likeness (QED) is 0.639. The first-order valence-corrected chi connectivity index (χ1v) is 11.8. The van der Waals surface area contributed by atoms with Gasteiger partial charge in [0.1, 0.15) is 5.82 Å². The van der Waals surface area contributed by atoms with E-state index in [1.807, 2.05) is 34.2 Å². The summed E-state index contributed by atoms with van der Waals surface area (Å²) in [6.45, 7) is 1.21. The molecule has 1 saturated heterocycles. The van der Waals surface area contributed by atoms with E-state index >= 15 is 0 Å². The van der Waals surface area contributed by atoms with Crippen LogP contribution in [-0.2, 0) is 16.6 Å². The van der Waals surface area contributed by atoms with Crippen LogP contribution in [0.3, 0.4) is 0 Å². The standard InChI is InChI=1S/C21H19FN2O3S2/c22-16-3-5-17(6-4-16)29(26,27)23-11-14-10-15(13-23)19-8-7-18(20-2-1-9-28-20)21(25)24(19)12-14/h1-9,14-15H,10-13H2/t14-,15+/m0/s1. The molecule has 0 radical (unpaired) electrons. The van der Waals surface area contributed by atoms with Gasteiger partial charge in [0, 0.05) is 36.1 Å². The summed E-state index contributed by atoms with van der Waals surface area (Å²) in [6, 6.07) is 12.6. The fourth-order valence-corrected chi connectivity index (χ4v) is 6.78. The van der Waals surface area contributed by atoms with Crippen LogP contribution in [0.2, 0.25) is 0 Å². The van der Waals surface area contributed by atoms with Gasteiger partial charge in [0.2, 0.25) is 10.0 Å². The normalized spacial score (nSPS) is 21.7. The van der Waals surface area contributed by atoms with E-state index in [1.54, 1.807) is 0 Å². The fraction of sp³-hybridized carbons (Fsp3) is 0.286. The molecule has 2 atom stereocenters. The number of nitrogens with zero attached hydrogens (tertiary/aromatic N) is 2. The Kier molecular flexibility index (Phi) is 4.45. The minimum absolute atomic E-state index is 0.00510. The number of hydrogen-bond acceptors (Lipinski definition) is 4. The van der Waals surface area contributed by atoms with Crippen LogP contribution in [0.1, 0.15) is 18.0 Å². The van der Waals surface area contributed by atoms with E-state index in [-0.39, 0.29) is 22.3 Å². The molecule has 5 rings (SSSR count). The van der Waals surface area contributed by atoms with Gasteiger partial charge in [0.25, 0.3) is 5.56 Å². The molecule has 0 N–H and O–H groups in total. The maximum absolute atomic E-state index is 13.2. The Morgan fingerprint density at radius 3 is 2.52 bits per heavy atom. The van der Waals surface area contributed by atoms with Crippen molar-refractivity contribution in [1.29, 1.82) is 0 Å². The first-order chi connectivity index (χ1) is 13.9. The number of halogens is 1. The molecule has 0 aliphatic carbocycles. The third kappa shape index (κ3) is 3.15. The Bertz CT molecular complexity index is 1220. The van der Waals surface area contributed by atoms with Gasteiger partial charge in [-0.2, -0.15) is 4.31 Å². The Balaban J connectivity index is 1.49. The van der Waals surface area contributed by atoms with Crippen molar-refractivity contribution >= 4 is 21.4 Å². The molecule has 1 fully saturated rings. The average molecular weight is 431 g/mol. The van der Waals surface area contributed by atoms with Crippen LogP contribution in [-0.4, -0.2) is 30.4 Å². The lowest BCUT2D eigenvalue weighted by Crippen LogP contribution is -2.49. The first-order valence-electron chi connectivity index (χ1n) is 9.47. The van der Waals surface area contributed by atoms with Crippen molar-refractivity contribution in [2.75, 3.05) is 13.1 Å². The maximum atomic E-state index is 13.2. The molecule has 5 nitrogen and oxygen atoms in total. The van der Waals surface area contributed by atoms with Crippen LogP contribution in [0.25, 0.3) is 10.4 Å². The Labute approximate surface area is 172 Å². The summed E-state index contributed by atoms with van der Waals surface area (Å²) >= 11 is 1.54. The molecule has 3 aromatic rings. The summed E-state index contributed by atoms with van der Waals surface area (Å²) in [6.07, 6.45) is 0.868. The third-order valence-corrected chi connectivity index (χ3v) is 8.56. The van der Waals surface area contributed by atoms with E-state index in [2.05, 4.69) is 0 Å². The number of aromatic nitrogens is 1. The predicted molar refractivity (Wildman–Crippen MR) is 110 cm³/mol. The lowest BCUT2D eigenvalue weighted by Gasteiger charge is -2.42. The maximum Gasteiger partial charge on any atom is 0.259 e. The van der Waals surface area contributed by atoms with Crippen molar-refractivity contribution in [1.82, 2.24) is 8.87 Å². The van der Waals surface area contributed by atoms with E-state index in [0.717, 1.165) is 17.0 Å². The number of sulfonamides is 1. The minimum atomic E-state index is -3.70. The van der Waals surface area contributed by atoms with Gasteiger partial charge in [-0.25, -0.2) is 12.8 Å². The topological polar surface area (TPSA) is 59.4 Å². The van der Waals surface area contributed by atoms with E-state index in [0.29, 0.717) is 25.2 Å². The smallest absolute Gasteiger partial charge is 0.259 e. The molecule has 29 heavy (non-hydrogen) atoms. The van der Waals surface area contributed by atoms with Crippen LogP contribution in [0.15, 0.2) is 63.6 Å². The molecule has 0 saturated carbocycles.